The van der Waals surface area contributed by atoms with Gasteiger partial charge in [-0.3, -0.25) is 9.88 Å². The Morgan fingerprint density at radius 3 is 2.94 bits per heavy atom. The van der Waals surface area contributed by atoms with Crippen molar-refractivity contribution in [1.29, 1.82) is 0 Å². The van der Waals surface area contributed by atoms with E-state index in [0.29, 0.717) is 5.54 Å². The Labute approximate surface area is 117 Å². The van der Waals surface area contributed by atoms with Crippen LogP contribution in [0.4, 0.5) is 0 Å². The summed E-state index contributed by atoms with van der Waals surface area (Å²) in [5.74, 6) is 0. The molecule has 1 aliphatic carbocycles. The fourth-order valence-corrected chi connectivity index (χ4v) is 3.83. The fraction of sp³-hybridized carbons (Fsp3) is 0.643. The summed E-state index contributed by atoms with van der Waals surface area (Å²) in [4.78, 5) is 6.96. The summed E-state index contributed by atoms with van der Waals surface area (Å²) < 4.78 is 1.08. The zero-order chi connectivity index (χ0) is 12.4. The van der Waals surface area contributed by atoms with Crippen molar-refractivity contribution in [1.82, 2.24) is 15.2 Å². The molecule has 1 saturated carbocycles. The predicted octanol–water partition coefficient (Wildman–Crippen LogP) is 2.56. The van der Waals surface area contributed by atoms with Gasteiger partial charge in [-0.25, -0.2) is 0 Å². The zero-order valence-corrected chi connectivity index (χ0v) is 12.2. The van der Waals surface area contributed by atoms with Crippen LogP contribution in [0.25, 0.3) is 0 Å². The molecule has 2 fully saturated rings. The molecule has 1 saturated heterocycles. The lowest BCUT2D eigenvalue weighted by Crippen LogP contribution is -2.59. The Hall–Kier alpha value is -0.450. The lowest BCUT2D eigenvalue weighted by atomic mass is 9.92. The number of rotatable bonds is 2. The zero-order valence-electron chi connectivity index (χ0n) is 10.7. The van der Waals surface area contributed by atoms with Crippen LogP contribution < -0.4 is 5.32 Å². The lowest BCUT2D eigenvalue weighted by molar-refractivity contribution is 0.0571. The number of piperazine rings is 1. The number of nitrogens with one attached hydrogen (secondary N) is 1. The highest BCUT2D eigenvalue weighted by Crippen LogP contribution is 2.36. The summed E-state index contributed by atoms with van der Waals surface area (Å²) in [7, 11) is 0. The average Bonchev–Trinajstić information content (AvgIpc) is 2.82. The highest BCUT2D eigenvalue weighted by Gasteiger charge is 2.40. The largest absolute Gasteiger partial charge is 0.314 e. The van der Waals surface area contributed by atoms with Crippen molar-refractivity contribution in [3.05, 3.63) is 28.5 Å². The van der Waals surface area contributed by atoms with E-state index in [4.69, 9.17) is 0 Å². The fourth-order valence-electron chi connectivity index (χ4n) is 3.42. The van der Waals surface area contributed by atoms with Crippen LogP contribution in [0.1, 0.15) is 31.2 Å². The molecule has 2 heterocycles. The van der Waals surface area contributed by atoms with E-state index in [0.717, 1.165) is 30.7 Å². The molecular formula is C14H20BrN3. The molecule has 1 aliphatic heterocycles. The van der Waals surface area contributed by atoms with E-state index >= 15 is 0 Å². The van der Waals surface area contributed by atoms with Crippen molar-refractivity contribution < 1.29 is 0 Å². The van der Waals surface area contributed by atoms with Crippen molar-refractivity contribution in [2.24, 2.45) is 0 Å². The first-order valence-corrected chi connectivity index (χ1v) is 7.63. The molecular weight excluding hydrogens is 290 g/mol. The number of hydrogen-bond donors (Lipinski definition) is 1. The maximum absolute atomic E-state index is 4.28. The first-order chi connectivity index (χ1) is 8.78. The van der Waals surface area contributed by atoms with Gasteiger partial charge in [0.2, 0.25) is 0 Å². The third-order valence-electron chi connectivity index (χ3n) is 4.35. The molecule has 0 aromatic carbocycles. The summed E-state index contributed by atoms with van der Waals surface area (Å²) in [5.41, 5.74) is 1.73. The summed E-state index contributed by atoms with van der Waals surface area (Å²) in [5, 5.41) is 3.58. The monoisotopic (exact) mass is 309 g/mol. The van der Waals surface area contributed by atoms with Crippen LogP contribution in [-0.4, -0.2) is 35.1 Å². The molecule has 1 N–H and O–H groups in total. The van der Waals surface area contributed by atoms with E-state index in [-0.39, 0.29) is 0 Å². The van der Waals surface area contributed by atoms with Crippen molar-refractivity contribution >= 4 is 15.9 Å². The van der Waals surface area contributed by atoms with Crippen LogP contribution >= 0.6 is 15.9 Å². The van der Waals surface area contributed by atoms with Crippen LogP contribution in [0, 0.1) is 0 Å². The van der Waals surface area contributed by atoms with Gasteiger partial charge in [0, 0.05) is 48.6 Å². The second kappa shape index (κ2) is 5.27. The highest BCUT2D eigenvalue weighted by atomic mass is 79.9. The molecule has 3 nitrogen and oxygen atoms in total. The summed E-state index contributed by atoms with van der Waals surface area (Å²) in [6.07, 6.45) is 9.31. The van der Waals surface area contributed by atoms with Gasteiger partial charge in [-0.2, -0.15) is 0 Å². The van der Waals surface area contributed by atoms with Gasteiger partial charge in [-0.1, -0.05) is 12.8 Å². The Bertz CT molecular complexity index is 415. The van der Waals surface area contributed by atoms with Crippen molar-refractivity contribution in [2.45, 2.75) is 37.8 Å². The number of nitrogens with zero attached hydrogens (tertiary/aromatic N) is 2. The minimum atomic E-state index is 0.417. The van der Waals surface area contributed by atoms with Crippen molar-refractivity contribution in [3.63, 3.8) is 0 Å². The van der Waals surface area contributed by atoms with Crippen LogP contribution in [0.5, 0.6) is 0 Å². The molecule has 0 atom stereocenters. The Kier molecular flexibility index (Phi) is 3.68. The van der Waals surface area contributed by atoms with Gasteiger partial charge in [-0.15, -0.1) is 0 Å². The van der Waals surface area contributed by atoms with E-state index in [1.807, 2.05) is 12.4 Å². The molecule has 0 radical (unpaired) electrons. The topological polar surface area (TPSA) is 28.2 Å². The second-order valence-electron chi connectivity index (χ2n) is 5.54. The van der Waals surface area contributed by atoms with Crippen LogP contribution in [-0.2, 0) is 6.54 Å². The van der Waals surface area contributed by atoms with Gasteiger partial charge >= 0.3 is 0 Å². The molecule has 1 aromatic rings. The summed E-state index contributed by atoms with van der Waals surface area (Å²) in [6.45, 7) is 4.47. The Balaban J connectivity index is 1.77. The lowest BCUT2D eigenvalue weighted by Gasteiger charge is -2.45. The normalized spacial score (nSPS) is 23.6. The number of aromatic nitrogens is 1. The standard InChI is InChI=1S/C14H20BrN3/c15-13-7-12(8-17-9-13)10-18-6-5-16-11-14(18)3-1-2-4-14/h7-9,16H,1-6,10-11H2. The number of pyridine rings is 1. The van der Waals surface area contributed by atoms with Gasteiger partial charge in [0.15, 0.2) is 0 Å². The van der Waals surface area contributed by atoms with Gasteiger partial charge in [0.05, 0.1) is 0 Å². The van der Waals surface area contributed by atoms with Gasteiger partial charge in [0.1, 0.15) is 0 Å². The first kappa shape index (κ1) is 12.6. The average molecular weight is 310 g/mol. The molecule has 18 heavy (non-hydrogen) atoms. The van der Waals surface area contributed by atoms with Gasteiger partial charge in [-0.05, 0) is 40.4 Å². The predicted molar refractivity (Wildman–Crippen MR) is 76.4 cm³/mol. The summed E-state index contributed by atoms with van der Waals surface area (Å²) in [6, 6.07) is 2.19. The minimum Gasteiger partial charge on any atom is -0.314 e. The third-order valence-corrected chi connectivity index (χ3v) is 4.79. The number of hydrogen-bond acceptors (Lipinski definition) is 3. The molecule has 4 heteroatoms. The van der Waals surface area contributed by atoms with Crippen molar-refractivity contribution in [2.75, 3.05) is 19.6 Å². The van der Waals surface area contributed by atoms with Crippen LogP contribution in [0.3, 0.4) is 0 Å². The van der Waals surface area contributed by atoms with Crippen LogP contribution in [0.2, 0.25) is 0 Å². The minimum absolute atomic E-state index is 0.417. The summed E-state index contributed by atoms with van der Waals surface area (Å²) >= 11 is 3.51. The van der Waals surface area contributed by atoms with E-state index in [1.54, 1.807) is 0 Å². The van der Waals surface area contributed by atoms with E-state index in [2.05, 4.69) is 37.2 Å². The van der Waals surface area contributed by atoms with Gasteiger partial charge < -0.3 is 5.32 Å². The molecule has 0 unspecified atom stereocenters. The quantitative estimate of drug-likeness (QED) is 0.910. The second-order valence-corrected chi connectivity index (χ2v) is 6.46. The maximum Gasteiger partial charge on any atom is 0.0410 e. The van der Waals surface area contributed by atoms with E-state index in [1.165, 1.54) is 31.2 Å². The molecule has 2 aliphatic rings. The highest BCUT2D eigenvalue weighted by molar-refractivity contribution is 9.10. The SMILES string of the molecule is Brc1cncc(CN2CCNCC23CCCC3)c1. The molecule has 0 amide bonds. The van der Waals surface area contributed by atoms with E-state index < -0.39 is 0 Å². The van der Waals surface area contributed by atoms with Crippen molar-refractivity contribution in [3.8, 4) is 0 Å². The van der Waals surface area contributed by atoms with Crippen LogP contribution in [0.15, 0.2) is 22.9 Å². The van der Waals surface area contributed by atoms with Gasteiger partial charge in [0.25, 0.3) is 0 Å². The molecule has 98 valence electrons. The molecule has 1 spiro atoms. The van der Waals surface area contributed by atoms with E-state index in [9.17, 15) is 0 Å². The number of halogens is 1. The molecule has 3 rings (SSSR count). The molecule has 1 aromatic heterocycles. The Morgan fingerprint density at radius 1 is 1.33 bits per heavy atom. The Morgan fingerprint density at radius 2 is 2.17 bits per heavy atom. The molecule has 0 bridgehead atoms. The smallest absolute Gasteiger partial charge is 0.0410 e. The first-order valence-electron chi connectivity index (χ1n) is 6.84. The third kappa shape index (κ3) is 2.46. The maximum atomic E-state index is 4.28.